The molecule has 0 aliphatic carbocycles. The standard InChI is InChI=1S/C22H27N3OS/c1-15-6-7-19-20(18-9-12-27-21(18)22(26)23-19)17(15)5-4-10-25-11-8-16(14-25)13-24(2)3/h4-7,9,12,16H,8,10-11,13-14H2,1-3H3,(H,23,26)/b5-4+. The topological polar surface area (TPSA) is 39.3 Å². The van der Waals surface area contributed by atoms with Gasteiger partial charge in [-0.15, -0.1) is 11.3 Å². The van der Waals surface area contributed by atoms with E-state index in [1.54, 1.807) is 0 Å². The maximum Gasteiger partial charge on any atom is 0.266 e. The van der Waals surface area contributed by atoms with Crippen molar-refractivity contribution in [1.82, 2.24) is 14.8 Å². The number of pyridine rings is 1. The number of H-pyrrole nitrogens is 1. The lowest BCUT2D eigenvalue weighted by molar-refractivity contribution is 0.306. The Bertz CT molecular complexity index is 1050. The number of fused-ring (bicyclic) bond motifs is 3. The lowest BCUT2D eigenvalue weighted by Crippen LogP contribution is -2.25. The first kappa shape index (κ1) is 18.4. The van der Waals surface area contributed by atoms with E-state index in [9.17, 15) is 4.79 Å². The first-order chi connectivity index (χ1) is 13.0. The maximum atomic E-state index is 12.3. The van der Waals surface area contributed by atoms with E-state index in [1.807, 2.05) is 11.4 Å². The van der Waals surface area contributed by atoms with Crippen molar-refractivity contribution in [1.29, 1.82) is 0 Å². The van der Waals surface area contributed by atoms with Gasteiger partial charge in [0.15, 0.2) is 0 Å². The van der Waals surface area contributed by atoms with Gasteiger partial charge in [0.25, 0.3) is 5.56 Å². The van der Waals surface area contributed by atoms with Gasteiger partial charge in [-0.2, -0.15) is 0 Å². The van der Waals surface area contributed by atoms with Crippen LogP contribution in [0.5, 0.6) is 0 Å². The molecule has 1 fully saturated rings. The maximum absolute atomic E-state index is 12.3. The molecule has 1 aromatic carbocycles. The normalized spacial score (nSPS) is 18.6. The molecule has 5 heteroatoms. The van der Waals surface area contributed by atoms with Crippen molar-refractivity contribution in [3.63, 3.8) is 0 Å². The molecule has 0 amide bonds. The number of nitrogens with zero attached hydrogens (tertiary/aromatic N) is 2. The van der Waals surface area contributed by atoms with Crippen LogP contribution in [-0.4, -0.2) is 55.1 Å². The van der Waals surface area contributed by atoms with E-state index >= 15 is 0 Å². The molecule has 1 saturated heterocycles. The van der Waals surface area contributed by atoms with E-state index in [-0.39, 0.29) is 5.56 Å². The molecule has 1 aliphatic rings. The number of nitrogens with one attached hydrogen (secondary N) is 1. The lowest BCUT2D eigenvalue weighted by Gasteiger charge is -2.17. The summed E-state index contributed by atoms with van der Waals surface area (Å²) in [5.41, 5.74) is 3.39. The molecule has 1 aliphatic heterocycles. The third kappa shape index (κ3) is 3.72. The highest BCUT2D eigenvalue weighted by Gasteiger charge is 2.21. The van der Waals surface area contributed by atoms with Crippen LogP contribution in [-0.2, 0) is 0 Å². The third-order valence-electron chi connectivity index (χ3n) is 5.49. The molecule has 1 N–H and O–H groups in total. The fourth-order valence-corrected chi connectivity index (χ4v) is 5.05. The first-order valence-corrected chi connectivity index (χ1v) is 10.5. The molecule has 3 heterocycles. The zero-order chi connectivity index (χ0) is 19.0. The van der Waals surface area contributed by atoms with Crippen molar-refractivity contribution in [3.05, 3.63) is 51.1 Å². The number of rotatable bonds is 5. The highest BCUT2D eigenvalue weighted by Crippen LogP contribution is 2.30. The number of hydrogen-bond acceptors (Lipinski definition) is 4. The summed E-state index contributed by atoms with van der Waals surface area (Å²) < 4.78 is 0.814. The second-order valence-electron chi connectivity index (χ2n) is 7.92. The van der Waals surface area contributed by atoms with Crippen molar-refractivity contribution in [2.24, 2.45) is 5.92 Å². The molecule has 1 atom stereocenters. The first-order valence-electron chi connectivity index (χ1n) is 9.59. The number of aryl methyl sites for hydroxylation is 1. The van der Waals surface area contributed by atoms with Gasteiger partial charge in [-0.3, -0.25) is 9.69 Å². The minimum Gasteiger partial charge on any atom is -0.321 e. The van der Waals surface area contributed by atoms with E-state index in [4.69, 9.17) is 0 Å². The smallest absolute Gasteiger partial charge is 0.266 e. The number of aromatic nitrogens is 1. The zero-order valence-corrected chi connectivity index (χ0v) is 17.1. The Kier molecular flexibility index (Phi) is 5.17. The molecule has 1 unspecified atom stereocenters. The lowest BCUT2D eigenvalue weighted by atomic mass is 10.00. The average molecular weight is 382 g/mol. The Morgan fingerprint density at radius 3 is 3.00 bits per heavy atom. The summed E-state index contributed by atoms with van der Waals surface area (Å²) >= 11 is 1.51. The van der Waals surface area contributed by atoms with Crippen molar-refractivity contribution >= 4 is 38.4 Å². The van der Waals surface area contributed by atoms with Gasteiger partial charge in [0.2, 0.25) is 0 Å². The minimum atomic E-state index is 0.00952. The second-order valence-corrected chi connectivity index (χ2v) is 8.83. The van der Waals surface area contributed by atoms with Crippen LogP contribution in [0.2, 0.25) is 0 Å². The Morgan fingerprint density at radius 1 is 1.33 bits per heavy atom. The number of aromatic amines is 1. The molecule has 142 valence electrons. The van der Waals surface area contributed by atoms with Crippen LogP contribution in [0.4, 0.5) is 0 Å². The fourth-order valence-electron chi connectivity index (χ4n) is 4.26. The number of hydrogen-bond donors (Lipinski definition) is 1. The van der Waals surface area contributed by atoms with Gasteiger partial charge >= 0.3 is 0 Å². The van der Waals surface area contributed by atoms with Gasteiger partial charge in [0.05, 0.1) is 0 Å². The van der Waals surface area contributed by atoms with Gasteiger partial charge < -0.3 is 9.88 Å². The highest BCUT2D eigenvalue weighted by molar-refractivity contribution is 7.17. The molecule has 2 aromatic heterocycles. The van der Waals surface area contributed by atoms with Crippen LogP contribution in [0, 0.1) is 12.8 Å². The predicted molar refractivity (Wildman–Crippen MR) is 117 cm³/mol. The van der Waals surface area contributed by atoms with Crippen molar-refractivity contribution in [2.75, 3.05) is 40.3 Å². The van der Waals surface area contributed by atoms with Crippen LogP contribution in [0.3, 0.4) is 0 Å². The van der Waals surface area contributed by atoms with Gasteiger partial charge in [-0.25, -0.2) is 0 Å². The number of benzene rings is 1. The second kappa shape index (κ2) is 7.58. The van der Waals surface area contributed by atoms with E-state index in [0.717, 1.165) is 33.5 Å². The van der Waals surface area contributed by atoms with Crippen LogP contribution in [0.1, 0.15) is 17.5 Å². The zero-order valence-electron chi connectivity index (χ0n) is 16.3. The summed E-state index contributed by atoms with van der Waals surface area (Å²) in [6, 6.07) is 6.19. The molecule has 0 spiro atoms. The molecule has 0 bridgehead atoms. The van der Waals surface area contributed by atoms with Gasteiger partial charge in [-0.1, -0.05) is 18.2 Å². The Hall–Kier alpha value is -1.95. The Labute approximate surface area is 164 Å². The number of likely N-dealkylation sites (tertiary alicyclic amines) is 1. The van der Waals surface area contributed by atoms with Crippen LogP contribution < -0.4 is 5.56 Å². The molecule has 4 rings (SSSR count). The largest absolute Gasteiger partial charge is 0.321 e. The Morgan fingerprint density at radius 2 is 2.19 bits per heavy atom. The van der Waals surface area contributed by atoms with Crippen molar-refractivity contribution < 1.29 is 0 Å². The molecule has 0 saturated carbocycles. The van der Waals surface area contributed by atoms with Crippen LogP contribution in [0.25, 0.3) is 27.1 Å². The van der Waals surface area contributed by atoms with Crippen molar-refractivity contribution in [2.45, 2.75) is 13.3 Å². The summed E-state index contributed by atoms with van der Waals surface area (Å²) in [4.78, 5) is 20.1. The fraction of sp³-hybridized carbons (Fsp3) is 0.409. The predicted octanol–water partition coefficient (Wildman–Crippen LogP) is 3.95. The SMILES string of the molecule is Cc1ccc2[nH]c(=O)c3sccc3c2c1/C=C/CN1CCC(CN(C)C)C1. The van der Waals surface area contributed by atoms with E-state index < -0.39 is 0 Å². The minimum absolute atomic E-state index is 0.00952. The van der Waals surface area contributed by atoms with Gasteiger partial charge in [0.1, 0.15) is 4.70 Å². The average Bonchev–Trinajstić information content (AvgIpc) is 3.26. The number of thiophene rings is 1. The van der Waals surface area contributed by atoms with E-state index in [1.165, 1.54) is 48.5 Å². The quantitative estimate of drug-likeness (QED) is 0.727. The van der Waals surface area contributed by atoms with Gasteiger partial charge in [0, 0.05) is 35.9 Å². The summed E-state index contributed by atoms with van der Waals surface area (Å²) in [6.45, 7) is 6.66. The molecule has 3 aromatic rings. The van der Waals surface area contributed by atoms with E-state index in [2.05, 4.69) is 60.1 Å². The molecule has 0 radical (unpaired) electrons. The van der Waals surface area contributed by atoms with Gasteiger partial charge in [-0.05, 0) is 68.5 Å². The molecular formula is C22H27N3OS. The molecule has 27 heavy (non-hydrogen) atoms. The van der Waals surface area contributed by atoms with Crippen LogP contribution in [0.15, 0.2) is 34.4 Å². The molecule has 4 nitrogen and oxygen atoms in total. The monoisotopic (exact) mass is 381 g/mol. The highest BCUT2D eigenvalue weighted by atomic mass is 32.1. The summed E-state index contributed by atoms with van der Waals surface area (Å²) in [6.07, 6.45) is 5.81. The summed E-state index contributed by atoms with van der Waals surface area (Å²) in [5, 5.41) is 4.23. The third-order valence-corrected chi connectivity index (χ3v) is 6.41. The van der Waals surface area contributed by atoms with E-state index in [0.29, 0.717) is 0 Å². The summed E-state index contributed by atoms with van der Waals surface area (Å²) in [5.74, 6) is 0.781. The molecular weight excluding hydrogens is 354 g/mol. The van der Waals surface area contributed by atoms with Crippen molar-refractivity contribution in [3.8, 4) is 0 Å². The van der Waals surface area contributed by atoms with Crippen LogP contribution >= 0.6 is 11.3 Å². The Balaban J connectivity index is 1.60. The summed E-state index contributed by atoms with van der Waals surface area (Å²) in [7, 11) is 4.31.